The molecule has 0 aliphatic carbocycles. The van der Waals surface area contributed by atoms with Crippen molar-refractivity contribution in [2.24, 2.45) is 5.92 Å². The molecule has 0 aliphatic heterocycles. The van der Waals surface area contributed by atoms with Gasteiger partial charge in [-0.25, -0.2) is 0 Å². The molecule has 0 radical (unpaired) electrons. The van der Waals surface area contributed by atoms with Gasteiger partial charge in [-0.1, -0.05) is 22.9 Å². The van der Waals surface area contributed by atoms with Gasteiger partial charge in [0.05, 0.1) is 11.6 Å². The Morgan fingerprint density at radius 3 is 2.87 bits per heavy atom. The first-order valence-corrected chi connectivity index (χ1v) is 5.50. The molecule has 0 fully saturated rings. The summed E-state index contributed by atoms with van der Waals surface area (Å²) in [4.78, 5) is 0. The molecule has 1 rings (SSSR count). The highest BCUT2D eigenvalue weighted by atomic mass is 79.9. The highest BCUT2D eigenvalue weighted by molar-refractivity contribution is 9.10. The SMILES string of the molecule is CC(CO)CNc1cc(Br)cc(C#N)c1. The molecule has 1 unspecified atom stereocenters. The van der Waals surface area contributed by atoms with Crippen LogP contribution in [0.3, 0.4) is 0 Å². The lowest BCUT2D eigenvalue weighted by molar-refractivity contribution is 0.244. The van der Waals surface area contributed by atoms with E-state index in [9.17, 15) is 0 Å². The third-order valence-electron chi connectivity index (χ3n) is 1.99. The number of nitriles is 1. The minimum absolute atomic E-state index is 0.159. The molecule has 0 saturated heterocycles. The van der Waals surface area contributed by atoms with Crippen LogP contribution >= 0.6 is 15.9 Å². The van der Waals surface area contributed by atoms with Gasteiger partial charge in [-0.2, -0.15) is 5.26 Å². The van der Waals surface area contributed by atoms with E-state index >= 15 is 0 Å². The monoisotopic (exact) mass is 268 g/mol. The number of anilines is 1. The van der Waals surface area contributed by atoms with E-state index < -0.39 is 0 Å². The molecule has 3 nitrogen and oxygen atoms in total. The van der Waals surface area contributed by atoms with E-state index in [0.717, 1.165) is 10.2 Å². The van der Waals surface area contributed by atoms with Gasteiger partial charge in [0.15, 0.2) is 0 Å². The molecule has 4 heteroatoms. The Hall–Kier alpha value is -1.05. The Labute approximate surface area is 97.9 Å². The molecule has 0 amide bonds. The lowest BCUT2D eigenvalue weighted by Crippen LogP contribution is -2.14. The maximum atomic E-state index is 8.87. The number of benzene rings is 1. The summed E-state index contributed by atoms with van der Waals surface area (Å²) < 4.78 is 0.876. The summed E-state index contributed by atoms with van der Waals surface area (Å²) in [7, 11) is 0. The second-order valence-corrected chi connectivity index (χ2v) is 4.42. The minimum Gasteiger partial charge on any atom is -0.396 e. The topological polar surface area (TPSA) is 56.0 Å². The summed E-state index contributed by atoms with van der Waals surface area (Å²) >= 11 is 3.34. The second kappa shape index (κ2) is 5.74. The van der Waals surface area contributed by atoms with E-state index in [0.29, 0.717) is 12.1 Å². The van der Waals surface area contributed by atoms with Crippen LogP contribution in [0.5, 0.6) is 0 Å². The number of aliphatic hydroxyl groups excluding tert-OH is 1. The van der Waals surface area contributed by atoms with Crippen molar-refractivity contribution in [1.29, 1.82) is 5.26 Å². The number of nitrogens with one attached hydrogen (secondary N) is 1. The van der Waals surface area contributed by atoms with E-state index in [2.05, 4.69) is 27.3 Å². The van der Waals surface area contributed by atoms with E-state index in [4.69, 9.17) is 10.4 Å². The predicted molar refractivity (Wildman–Crippen MR) is 63.6 cm³/mol. The van der Waals surface area contributed by atoms with Crippen molar-refractivity contribution in [3.63, 3.8) is 0 Å². The van der Waals surface area contributed by atoms with Crippen molar-refractivity contribution in [3.05, 3.63) is 28.2 Å². The summed E-state index contributed by atoms with van der Waals surface area (Å²) in [5, 5.41) is 20.8. The summed E-state index contributed by atoms with van der Waals surface area (Å²) in [6.07, 6.45) is 0. The fourth-order valence-electron chi connectivity index (χ4n) is 1.11. The minimum atomic E-state index is 0.159. The van der Waals surface area contributed by atoms with Crippen LogP contribution in [-0.4, -0.2) is 18.3 Å². The zero-order valence-electron chi connectivity index (χ0n) is 8.50. The molecule has 0 aliphatic rings. The third kappa shape index (κ3) is 3.90. The molecule has 1 atom stereocenters. The first kappa shape index (κ1) is 12.0. The van der Waals surface area contributed by atoms with Gasteiger partial charge in [-0.05, 0) is 24.1 Å². The molecular formula is C11H13BrN2O. The second-order valence-electron chi connectivity index (χ2n) is 3.51. The molecule has 15 heavy (non-hydrogen) atoms. The van der Waals surface area contributed by atoms with Crippen LogP contribution in [0, 0.1) is 17.2 Å². The summed E-state index contributed by atoms with van der Waals surface area (Å²) in [5.74, 6) is 0.203. The van der Waals surface area contributed by atoms with E-state index in [-0.39, 0.29) is 12.5 Å². The van der Waals surface area contributed by atoms with Crippen LogP contribution in [0.4, 0.5) is 5.69 Å². The molecule has 0 heterocycles. The normalized spacial score (nSPS) is 11.9. The zero-order valence-corrected chi connectivity index (χ0v) is 10.1. The summed E-state index contributed by atoms with van der Waals surface area (Å²) in [6, 6.07) is 7.55. The van der Waals surface area contributed by atoms with Crippen LogP contribution in [0.15, 0.2) is 22.7 Å². The highest BCUT2D eigenvalue weighted by Crippen LogP contribution is 2.19. The van der Waals surface area contributed by atoms with Crippen molar-refractivity contribution in [2.45, 2.75) is 6.92 Å². The Kier molecular flexibility index (Phi) is 4.60. The van der Waals surface area contributed by atoms with E-state index in [1.165, 1.54) is 0 Å². The van der Waals surface area contributed by atoms with Crippen LogP contribution in [-0.2, 0) is 0 Å². The average Bonchev–Trinajstić information content (AvgIpc) is 2.25. The lowest BCUT2D eigenvalue weighted by Gasteiger charge is -2.11. The highest BCUT2D eigenvalue weighted by Gasteiger charge is 2.01. The number of hydrogen-bond donors (Lipinski definition) is 2. The molecular weight excluding hydrogens is 256 g/mol. The smallest absolute Gasteiger partial charge is 0.0992 e. The lowest BCUT2D eigenvalue weighted by atomic mass is 10.2. The van der Waals surface area contributed by atoms with Crippen LogP contribution in [0.1, 0.15) is 12.5 Å². The fourth-order valence-corrected chi connectivity index (χ4v) is 1.61. The Bertz CT molecular complexity index is 373. The Balaban J connectivity index is 2.69. The standard InChI is InChI=1S/C11H13BrN2O/c1-8(7-15)6-14-11-3-9(5-13)2-10(12)4-11/h2-4,8,14-15H,6-7H2,1H3. The quantitative estimate of drug-likeness (QED) is 0.882. The molecule has 1 aromatic rings. The van der Waals surface area contributed by atoms with Gasteiger partial charge < -0.3 is 10.4 Å². The molecule has 2 N–H and O–H groups in total. The first-order chi connectivity index (χ1) is 7.15. The van der Waals surface area contributed by atoms with Crippen LogP contribution < -0.4 is 5.32 Å². The third-order valence-corrected chi connectivity index (χ3v) is 2.45. The van der Waals surface area contributed by atoms with Crippen molar-refractivity contribution >= 4 is 21.6 Å². The zero-order chi connectivity index (χ0) is 11.3. The van der Waals surface area contributed by atoms with Crippen LogP contribution in [0.25, 0.3) is 0 Å². The molecule has 80 valence electrons. The van der Waals surface area contributed by atoms with Gasteiger partial charge in [0.25, 0.3) is 0 Å². The van der Waals surface area contributed by atoms with Crippen molar-refractivity contribution in [1.82, 2.24) is 0 Å². The van der Waals surface area contributed by atoms with Crippen molar-refractivity contribution < 1.29 is 5.11 Å². The number of rotatable bonds is 4. The summed E-state index contributed by atoms with van der Waals surface area (Å²) in [6.45, 7) is 2.81. The first-order valence-electron chi connectivity index (χ1n) is 4.71. The number of aliphatic hydroxyl groups is 1. The summed E-state index contributed by atoms with van der Waals surface area (Å²) in [5.41, 5.74) is 1.50. The Morgan fingerprint density at radius 2 is 2.27 bits per heavy atom. The van der Waals surface area contributed by atoms with Gasteiger partial charge in [0.1, 0.15) is 0 Å². The van der Waals surface area contributed by atoms with Gasteiger partial charge in [-0.3, -0.25) is 0 Å². The molecule has 0 bridgehead atoms. The molecule has 0 saturated carbocycles. The van der Waals surface area contributed by atoms with E-state index in [1.54, 1.807) is 12.1 Å². The Morgan fingerprint density at radius 1 is 1.53 bits per heavy atom. The number of halogens is 1. The molecule has 0 spiro atoms. The van der Waals surface area contributed by atoms with Gasteiger partial charge >= 0.3 is 0 Å². The van der Waals surface area contributed by atoms with E-state index in [1.807, 2.05) is 13.0 Å². The number of hydrogen-bond acceptors (Lipinski definition) is 3. The predicted octanol–water partition coefficient (Wildman–Crippen LogP) is 2.36. The van der Waals surface area contributed by atoms with Crippen molar-refractivity contribution in [3.8, 4) is 6.07 Å². The van der Waals surface area contributed by atoms with Gasteiger partial charge in [0, 0.05) is 23.3 Å². The maximum Gasteiger partial charge on any atom is 0.0992 e. The maximum absolute atomic E-state index is 8.87. The molecule has 1 aromatic carbocycles. The van der Waals surface area contributed by atoms with Gasteiger partial charge in [-0.15, -0.1) is 0 Å². The molecule has 0 aromatic heterocycles. The largest absolute Gasteiger partial charge is 0.396 e. The van der Waals surface area contributed by atoms with Gasteiger partial charge in [0.2, 0.25) is 0 Å². The van der Waals surface area contributed by atoms with Crippen molar-refractivity contribution in [2.75, 3.05) is 18.5 Å². The number of nitrogens with zero attached hydrogens (tertiary/aromatic N) is 1. The van der Waals surface area contributed by atoms with Crippen LogP contribution in [0.2, 0.25) is 0 Å². The average molecular weight is 269 g/mol. The fraction of sp³-hybridized carbons (Fsp3) is 0.364.